The molecule has 0 aromatic heterocycles. The highest BCUT2D eigenvalue weighted by molar-refractivity contribution is 5.96. The van der Waals surface area contributed by atoms with Crippen LogP contribution in [0.3, 0.4) is 0 Å². The number of anilines is 1. The van der Waals surface area contributed by atoms with Crippen molar-refractivity contribution in [1.29, 1.82) is 0 Å². The van der Waals surface area contributed by atoms with E-state index < -0.39 is 29.5 Å². The maximum Gasteiger partial charge on any atom is 0.344 e. The molecule has 9 heteroatoms. The number of benzene rings is 2. The van der Waals surface area contributed by atoms with Crippen LogP contribution in [0.5, 0.6) is 5.75 Å². The normalized spacial score (nSPS) is 11.1. The van der Waals surface area contributed by atoms with Crippen LogP contribution in [-0.4, -0.2) is 35.8 Å². The Bertz CT molecular complexity index is 866. The summed E-state index contributed by atoms with van der Waals surface area (Å²) in [5.74, 6) is -1.35. The molecule has 0 spiro atoms. The molecule has 0 radical (unpaired) electrons. The lowest BCUT2D eigenvalue weighted by atomic mass is 10.2. The summed E-state index contributed by atoms with van der Waals surface area (Å²) < 4.78 is 10.2. The Morgan fingerprint density at radius 3 is 2.56 bits per heavy atom. The molecule has 1 amide bonds. The van der Waals surface area contributed by atoms with Gasteiger partial charge in [-0.3, -0.25) is 19.7 Å². The summed E-state index contributed by atoms with van der Waals surface area (Å²) in [7, 11) is 0. The Kier molecular flexibility index (Phi) is 6.59. The van der Waals surface area contributed by atoms with Crippen LogP contribution in [0.25, 0.3) is 0 Å². The number of para-hydroxylation sites is 3. The van der Waals surface area contributed by atoms with Crippen LogP contribution in [0.2, 0.25) is 0 Å². The Morgan fingerprint density at radius 2 is 1.85 bits per heavy atom. The van der Waals surface area contributed by atoms with Gasteiger partial charge in [0.15, 0.2) is 19.0 Å². The third-order valence-electron chi connectivity index (χ3n) is 3.43. The molecule has 9 nitrogen and oxygen atoms in total. The summed E-state index contributed by atoms with van der Waals surface area (Å²) >= 11 is 0. The first kappa shape index (κ1) is 19.6. The molecule has 2 rings (SSSR count). The zero-order valence-corrected chi connectivity index (χ0v) is 14.3. The topological polar surface area (TPSA) is 125 Å². The molecule has 0 fully saturated rings. The van der Waals surface area contributed by atoms with E-state index in [0.717, 1.165) is 0 Å². The van der Waals surface area contributed by atoms with Crippen molar-refractivity contribution in [2.75, 3.05) is 11.9 Å². The van der Waals surface area contributed by atoms with Crippen LogP contribution in [0, 0.1) is 10.1 Å². The predicted molar refractivity (Wildman–Crippen MR) is 94.6 cm³/mol. The van der Waals surface area contributed by atoms with Gasteiger partial charge in [-0.05, 0) is 25.1 Å². The van der Waals surface area contributed by atoms with Crippen molar-refractivity contribution in [2.45, 2.75) is 13.0 Å². The second-order valence-electron chi connectivity index (χ2n) is 5.34. The van der Waals surface area contributed by atoms with E-state index in [2.05, 4.69) is 5.32 Å². The third-order valence-corrected chi connectivity index (χ3v) is 3.43. The SMILES string of the molecule is C[C@@H](OC(=O)COc1ccccc1C=O)C(=O)Nc1ccccc1[N+](=O)[O-]. The number of nitrogens with zero attached hydrogens (tertiary/aromatic N) is 1. The molecule has 1 atom stereocenters. The molecule has 0 saturated heterocycles. The summed E-state index contributed by atoms with van der Waals surface area (Å²) in [6.45, 7) is 0.815. The van der Waals surface area contributed by atoms with Crippen LogP contribution in [0.1, 0.15) is 17.3 Å². The number of nitro groups is 1. The van der Waals surface area contributed by atoms with E-state index in [1.165, 1.54) is 43.3 Å². The Labute approximate surface area is 154 Å². The molecule has 1 N–H and O–H groups in total. The van der Waals surface area contributed by atoms with Crippen LogP contribution >= 0.6 is 0 Å². The summed E-state index contributed by atoms with van der Waals surface area (Å²) in [6.07, 6.45) is -0.619. The molecule has 0 aliphatic heterocycles. The number of ether oxygens (including phenoxy) is 2. The number of esters is 1. The van der Waals surface area contributed by atoms with Crippen LogP contribution in [-0.2, 0) is 14.3 Å². The molecular weight excluding hydrogens is 356 g/mol. The van der Waals surface area contributed by atoms with Gasteiger partial charge in [-0.25, -0.2) is 4.79 Å². The fraction of sp³-hybridized carbons (Fsp3) is 0.167. The molecule has 27 heavy (non-hydrogen) atoms. The highest BCUT2D eigenvalue weighted by Crippen LogP contribution is 2.23. The second kappa shape index (κ2) is 9.09. The minimum atomic E-state index is -1.21. The second-order valence-corrected chi connectivity index (χ2v) is 5.34. The van der Waals surface area contributed by atoms with Gasteiger partial charge < -0.3 is 14.8 Å². The number of rotatable bonds is 8. The van der Waals surface area contributed by atoms with Gasteiger partial charge in [-0.1, -0.05) is 24.3 Å². The van der Waals surface area contributed by atoms with Crippen LogP contribution in [0.15, 0.2) is 48.5 Å². The van der Waals surface area contributed by atoms with Crippen molar-refractivity contribution in [3.8, 4) is 5.75 Å². The first-order valence-corrected chi connectivity index (χ1v) is 7.83. The predicted octanol–water partition coefficient (Wildman–Crippen LogP) is 2.36. The average Bonchev–Trinajstić information content (AvgIpc) is 2.66. The number of nitro benzene ring substituents is 1. The summed E-state index contributed by atoms with van der Waals surface area (Å²) in [4.78, 5) is 45.1. The number of aldehydes is 1. The molecule has 0 bridgehead atoms. The lowest BCUT2D eigenvalue weighted by molar-refractivity contribution is -0.383. The molecule has 2 aromatic carbocycles. The van der Waals surface area contributed by atoms with Crippen LogP contribution < -0.4 is 10.1 Å². The van der Waals surface area contributed by atoms with Gasteiger partial charge in [0.2, 0.25) is 0 Å². The van der Waals surface area contributed by atoms with E-state index in [0.29, 0.717) is 6.29 Å². The van der Waals surface area contributed by atoms with Gasteiger partial charge in [0, 0.05) is 6.07 Å². The van der Waals surface area contributed by atoms with Gasteiger partial charge in [-0.15, -0.1) is 0 Å². The van der Waals surface area contributed by atoms with Crippen molar-refractivity contribution in [1.82, 2.24) is 0 Å². The minimum absolute atomic E-state index is 0.00782. The third kappa shape index (κ3) is 5.36. The summed E-state index contributed by atoms with van der Waals surface area (Å²) in [5.41, 5.74) is -0.0165. The van der Waals surface area contributed by atoms with Gasteiger partial charge >= 0.3 is 5.97 Å². The van der Waals surface area contributed by atoms with Crippen molar-refractivity contribution < 1.29 is 28.8 Å². The van der Waals surface area contributed by atoms with Gasteiger partial charge in [0.05, 0.1) is 10.5 Å². The first-order valence-electron chi connectivity index (χ1n) is 7.83. The largest absolute Gasteiger partial charge is 0.481 e. The lowest BCUT2D eigenvalue weighted by Gasteiger charge is -2.14. The van der Waals surface area contributed by atoms with Crippen LogP contribution in [0.4, 0.5) is 11.4 Å². The molecule has 0 unspecified atom stereocenters. The Morgan fingerprint density at radius 1 is 1.19 bits per heavy atom. The molecule has 2 aromatic rings. The fourth-order valence-electron chi connectivity index (χ4n) is 2.10. The molecule has 0 aliphatic carbocycles. The quantitative estimate of drug-likeness (QED) is 0.326. The number of carbonyl (C=O) groups is 3. The molecule has 140 valence electrons. The Hall–Kier alpha value is -3.75. The highest BCUT2D eigenvalue weighted by Gasteiger charge is 2.22. The number of carbonyl (C=O) groups excluding carboxylic acids is 3. The number of nitrogens with one attached hydrogen (secondary N) is 1. The number of amides is 1. The van der Waals surface area contributed by atoms with E-state index >= 15 is 0 Å². The summed E-state index contributed by atoms with van der Waals surface area (Å²) in [5, 5.41) is 13.3. The number of hydrogen-bond donors (Lipinski definition) is 1. The lowest BCUT2D eigenvalue weighted by Crippen LogP contribution is -2.31. The van der Waals surface area contributed by atoms with E-state index in [1.54, 1.807) is 12.1 Å². The smallest absolute Gasteiger partial charge is 0.344 e. The minimum Gasteiger partial charge on any atom is -0.481 e. The summed E-state index contributed by atoms with van der Waals surface area (Å²) in [6, 6.07) is 11.9. The van der Waals surface area contributed by atoms with Crippen molar-refractivity contribution in [3.05, 3.63) is 64.2 Å². The zero-order valence-electron chi connectivity index (χ0n) is 14.3. The van der Waals surface area contributed by atoms with Crippen molar-refractivity contribution in [2.24, 2.45) is 0 Å². The fourth-order valence-corrected chi connectivity index (χ4v) is 2.10. The molecule has 0 saturated carbocycles. The van der Waals surface area contributed by atoms with E-state index in [1.807, 2.05) is 0 Å². The Balaban J connectivity index is 1.91. The highest BCUT2D eigenvalue weighted by atomic mass is 16.6. The maximum atomic E-state index is 12.1. The monoisotopic (exact) mass is 372 g/mol. The first-order chi connectivity index (χ1) is 12.9. The van der Waals surface area contributed by atoms with E-state index in [4.69, 9.17) is 9.47 Å². The molecule has 0 heterocycles. The average molecular weight is 372 g/mol. The molecular formula is C18H16N2O7. The maximum absolute atomic E-state index is 12.1. The van der Waals surface area contributed by atoms with E-state index in [9.17, 15) is 24.5 Å². The van der Waals surface area contributed by atoms with Crippen molar-refractivity contribution in [3.63, 3.8) is 0 Å². The zero-order chi connectivity index (χ0) is 19.8. The standard InChI is InChI=1S/C18H16N2O7/c1-12(18(23)19-14-7-3-4-8-15(14)20(24)25)27-17(22)11-26-16-9-5-2-6-13(16)10-21/h2-10,12H,11H2,1H3,(H,19,23)/t12-/m1/s1. The number of hydrogen-bond acceptors (Lipinski definition) is 7. The molecule has 0 aliphatic rings. The van der Waals surface area contributed by atoms with Gasteiger partial charge in [0.1, 0.15) is 11.4 Å². The van der Waals surface area contributed by atoms with E-state index in [-0.39, 0.29) is 22.7 Å². The van der Waals surface area contributed by atoms with Gasteiger partial charge in [-0.2, -0.15) is 0 Å². The van der Waals surface area contributed by atoms with Gasteiger partial charge in [0.25, 0.3) is 11.6 Å². The van der Waals surface area contributed by atoms with Crippen molar-refractivity contribution >= 4 is 29.5 Å².